The van der Waals surface area contributed by atoms with E-state index in [4.69, 9.17) is 21.1 Å². The lowest BCUT2D eigenvalue weighted by Crippen LogP contribution is -2.25. The van der Waals surface area contributed by atoms with Crippen LogP contribution in [0.4, 0.5) is 0 Å². The molecule has 0 atom stereocenters. The Bertz CT molecular complexity index is 1020. The molecule has 0 fully saturated rings. The highest BCUT2D eigenvalue weighted by molar-refractivity contribution is 6.31. The van der Waals surface area contributed by atoms with Crippen LogP contribution in [0.15, 0.2) is 36.4 Å². The first kappa shape index (κ1) is 15.5. The maximum atomic E-state index is 12.9. The fraction of sp³-hybridized carbons (Fsp3) is 0.111. The number of nitrogens with one attached hydrogen (secondary N) is 1. The molecule has 126 valence electrons. The summed E-state index contributed by atoms with van der Waals surface area (Å²) in [5, 5.41) is 12.2. The molecule has 1 aliphatic heterocycles. The molecule has 1 aliphatic rings. The molecule has 0 saturated carbocycles. The van der Waals surface area contributed by atoms with Crippen molar-refractivity contribution in [3.63, 3.8) is 0 Å². The van der Waals surface area contributed by atoms with Crippen LogP contribution in [-0.2, 0) is 11.2 Å². The first-order chi connectivity index (χ1) is 12.0. The molecule has 0 spiro atoms. The molecule has 0 amide bonds. The second kappa shape index (κ2) is 5.82. The van der Waals surface area contributed by atoms with Crippen molar-refractivity contribution in [2.45, 2.75) is 6.42 Å². The average Bonchev–Trinajstić information content (AvgIpc) is 3.17. The van der Waals surface area contributed by atoms with Crippen molar-refractivity contribution in [3.8, 4) is 11.5 Å². The molecule has 25 heavy (non-hydrogen) atoms. The first-order valence-corrected chi connectivity index (χ1v) is 7.85. The van der Waals surface area contributed by atoms with Gasteiger partial charge in [-0.3, -0.25) is 4.79 Å². The number of H-pyrrole nitrogens is 1. The predicted octanol–water partition coefficient (Wildman–Crippen LogP) is 2.07. The topological polar surface area (TPSA) is 91.4 Å². The second-order valence-corrected chi connectivity index (χ2v) is 6.05. The van der Waals surface area contributed by atoms with Gasteiger partial charge in [-0.25, -0.2) is 0 Å². The smallest absolute Gasteiger partial charge is 0.231 e. The lowest BCUT2D eigenvalue weighted by atomic mass is 10.0. The zero-order valence-corrected chi connectivity index (χ0v) is 13.6. The maximum absolute atomic E-state index is 12.9. The lowest BCUT2D eigenvalue weighted by molar-refractivity contribution is -0.304. The standard InChI is InChI=1S/C18H12ClNO5/c19-10-2-3-11-12(7-16(21)22)17(20-13(11)6-10)18(23)9-1-4-14-15(5-9)25-8-24-14/h1-6,20H,7-8H2,(H,21,22)/p-1. The molecule has 2 heterocycles. The Balaban J connectivity index is 1.84. The predicted molar refractivity (Wildman–Crippen MR) is 88.0 cm³/mol. The summed E-state index contributed by atoms with van der Waals surface area (Å²) in [4.78, 5) is 27.1. The number of ketones is 1. The highest BCUT2D eigenvalue weighted by Crippen LogP contribution is 2.34. The van der Waals surface area contributed by atoms with Gasteiger partial charge in [0.2, 0.25) is 12.6 Å². The van der Waals surface area contributed by atoms with Crippen LogP contribution < -0.4 is 14.6 Å². The maximum Gasteiger partial charge on any atom is 0.231 e. The molecule has 1 aromatic heterocycles. The van der Waals surface area contributed by atoms with Gasteiger partial charge >= 0.3 is 0 Å². The number of halogens is 1. The summed E-state index contributed by atoms with van der Waals surface area (Å²) >= 11 is 5.98. The van der Waals surface area contributed by atoms with Gasteiger partial charge < -0.3 is 24.4 Å². The van der Waals surface area contributed by atoms with Crippen LogP contribution in [0.2, 0.25) is 5.02 Å². The third-order valence-electron chi connectivity index (χ3n) is 4.05. The highest BCUT2D eigenvalue weighted by atomic mass is 35.5. The number of aromatic amines is 1. The number of aliphatic carboxylic acids is 1. The van der Waals surface area contributed by atoms with Gasteiger partial charge in [0.15, 0.2) is 11.5 Å². The molecule has 0 unspecified atom stereocenters. The van der Waals surface area contributed by atoms with Crippen molar-refractivity contribution in [2.75, 3.05) is 6.79 Å². The van der Waals surface area contributed by atoms with Crippen molar-refractivity contribution in [1.82, 2.24) is 4.98 Å². The SMILES string of the molecule is O=C([O-])Cc1c(C(=O)c2ccc3c(c2)OCO3)[nH]c2cc(Cl)ccc12. The minimum absolute atomic E-state index is 0.105. The number of carbonyl (C=O) groups is 2. The average molecular weight is 357 g/mol. The minimum Gasteiger partial charge on any atom is -0.550 e. The van der Waals surface area contributed by atoms with Crippen LogP contribution in [0.1, 0.15) is 21.6 Å². The zero-order valence-electron chi connectivity index (χ0n) is 12.8. The Morgan fingerprint density at radius 3 is 2.72 bits per heavy atom. The number of carbonyl (C=O) groups excluding carboxylic acids is 2. The molecule has 1 N–H and O–H groups in total. The highest BCUT2D eigenvalue weighted by Gasteiger charge is 2.22. The van der Waals surface area contributed by atoms with E-state index in [0.29, 0.717) is 38.6 Å². The number of hydrogen-bond acceptors (Lipinski definition) is 5. The van der Waals surface area contributed by atoms with Crippen molar-refractivity contribution >= 4 is 34.3 Å². The van der Waals surface area contributed by atoms with Crippen molar-refractivity contribution in [1.29, 1.82) is 0 Å². The van der Waals surface area contributed by atoms with E-state index < -0.39 is 5.97 Å². The number of fused-ring (bicyclic) bond motifs is 2. The molecule has 2 aromatic carbocycles. The third-order valence-corrected chi connectivity index (χ3v) is 4.29. The number of ether oxygens (including phenoxy) is 2. The Morgan fingerprint density at radius 2 is 1.92 bits per heavy atom. The minimum atomic E-state index is -1.27. The Hall–Kier alpha value is -2.99. The van der Waals surface area contributed by atoms with E-state index in [1.165, 1.54) is 0 Å². The van der Waals surface area contributed by atoms with Gasteiger partial charge in [-0.05, 0) is 35.9 Å². The summed E-state index contributed by atoms with van der Waals surface area (Å²) in [7, 11) is 0. The van der Waals surface area contributed by atoms with Crippen molar-refractivity contribution < 1.29 is 24.2 Å². The summed E-state index contributed by atoms with van der Waals surface area (Å²) in [6.07, 6.45) is -0.382. The van der Waals surface area contributed by atoms with E-state index in [1.54, 1.807) is 36.4 Å². The van der Waals surface area contributed by atoms with Crippen LogP contribution in [0.25, 0.3) is 10.9 Å². The number of hydrogen-bond donors (Lipinski definition) is 1. The molecule has 0 bridgehead atoms. The van der Waals surface area contributed by atoms with Gasteiger partial charge in [0.1, 0.15) is 0 Å². The monoisotopic (exact) mass is 356 g/mol. The summed E-state index contributed by atoms with van der Waals surface area (Å²) in [5.74, 6) is -0.571. The van der Waals surface area contributed by atoms with Crippen LogP contribution in [-0.4, -0.2) is 23.5 Å². The molecular formula is C18H11ClNO5-. The van der Waals surface area contributed by atoms with Crippen molar-refractivity contribution in [2.24, 2.45) is 0 Å². The summed E-state index contributed by atoms with van der Waals surface area (Å²) in [6, 6.07) is 9.80. The van der Waals surface area contributed by atoms with Gasteiger partial charge in [-0.15, -0.1) is 0 Å². The van der Waals surface area contributed by atoms with Gasteiger partial charge in [-0.2, -0.15) is 0 Å². The van der Waals surface area contributed by atoms with Crippen LogP contribution >= 0.6 is 11.6 Å². The molecule has 6 nitrogen and oxygen atoms in total. The van der Waals surface area contributed by atoms with Gasteiger partial charge in [0.25, 0.3) is 0 Å². The van der Waals surface area contributed by atoms with E-state index in [1.807, 2.05) is 0 Å². The molecule has 3 aromatic rings. The van der Waals surface area contributed by atoms with Gasteiger partial charge in [-0.1, -0.05) is 17.7 Å². The summed E-state index contributed by atoms with van der Waals surface area (Å²) < 4.78 is 10.5. The van der Waals surface area contributed by atoms with Crippen LogP contribution in [0.5, 0.6) is 11.5 Å². The second-order valence-electron chi connectivity index (χ2n) is 5.61. The Morgan fingerprint density at radius 1 is 1.12 bits per heavy atom. The number of carboxylic acid groups (broad SMARTS) is 1. The van der Waals surface area contributed by atoms with Crippen LogP contribution in [0.3, 0.4) is 0 Å². The van der Waals surface area contributed by atoms with Crippen molar-refractivity contribution in [3.05, 3.63) is 58.2 Å². The molecule has 0 saturated heterocycles. The Kier molecular flexibility index (Phi) is 3.62. The normalized spacial score (nSPS) is 12.5. The molecule has 0 aliphatic carbocycles. The van der Waals surface area contributed by atoms with Gasteiger partial charge in [0.05, 0.1) is 5.69 Å². The zero-order chi connectivity index (χ0) is 17.6. The summed E-state index contributed by atoms with van der Waals surface area (Å²) in [5.41, 5.74) is 1.52. The van der Waals surface area contributed by atoms with E-state index in [2.05, 4.69) is 4.98 Å². The van der Waals surface area contributed by atoms with E-state index in [-0.39, 0.29) is 24.7 Å². The third kappa shape index (κ3) is 2.70. The molecule has 0 radical (unpaired) electrons. The number of benzene rings is 2. The number of rotatable bonds is 4. The van der Waals surface area contributed by atoms with E-state index in [9.17, 15) is 14.7 Å². The van der Waals surface area contributed by atoms with Crippen LogP contribution in [0, 0.1) is 0 Å². The fourth-order valence-corrected chi connectivity index (χ4v) is 3.10. The van der Waals surface area contributed by atoms with Gasteiger partial charge in [0, 0.05) is 33.9 Å². The molecule has 7 heteroatoms. The largest absolute Gasteiger partial charge is 0.550 e. The fourth-order valence-electron chi connectivity index (χ4n) is 2.93. The van der Waals surface area contributed by atoms with E-state index >= 15 is 0 Å². The first-order valence-electron chi connectivity index (χ1n) is 7.47. The Labute approximate surface area is 146 Å². The van der Waals surface area contributed by atoms with E-state index in [0.717, 1.165) is 0 Å². The number of aromatic nitrogens is 1. The lowest BCUT2D eigenvalue weighted by Gasteiger charge is -2.06. The molecular weight excluding hydrogens is 346 g/mol. The summed E-state index contributed by atoms with van der Waals surface area (Å²) in [6.45, 7) is 0.105. The quantitative estimate of drug-likeness (QED) is 0.722. The molecule has 4 rings (SSSR count). The number of carboxylic acids is 1.